The summed E-state index contributed by atoms with van der Waals surface area (Å²) in [4.78, 5) is 2.35. The first-order chi connectivity index (χ1) is 29.9. The molecule has 0 aliphatic carbocycles. The fourth-order valence-electron chi connectivity index (χ4n) is 8.95. The van der Waals surface area contributed by atoms with Crippen molar-refractivity contribution in [2.24, 2.45) is 0 Å². The molecule has 0 atom stereocenters. The topological polar surface area (TPSA) is 21.3 Å². The highest BCUT2D eigenvalue weighted by molar-refractivity contribution is 6.88. The van der Waals surface area contributed by atoms with Crippen molar-refractivity contribution in [3.63, 3.8) is 0 Å². The van der Waals surface area contributed by atoms with E-state index >= 15 is 0 Å². The van der Waals surface area contributed by atoms with Crippen molar-refractivity contribution in [1.29, 1.82) is 0 Å². The van der Waals surface area contributed by atoms with Crippen molar-refractivity contribution in [3.05, 3.63) is 212 Å². The van der Waals surface area contributed by atoms with Crippen LogP contribution >= 0.6 is 0 Å². The summed E-state index contributed by atoms with van der Waals surface area (Å²) in [7, 11) is -1.60. The molecule has 0 saturated heterocycles. The number of hydrogen-bond acceptors (Lipinski definition) is 2. The first-order valence-electron chi connectivity index (χ1n) is 21.1. The fraction of sp³-hybridized carbons (Fsp3) is 0.0526. The predicted molar refractivity (Wildman–Crippen MR) is 262 cm³/mol. The third kappa shape index (κ3) is 6.53. The van der Waals surface area contributed by atoms with Gasteiger partial charge in [0.05, 0.1) is 24.8 Å². The Morgan fingerprint density at radius 1 is 0.377 bits per heavy atom. The average molecular weight is 801 g/mol. The summed E-state index contributed by atoms with van der Waals surface area (Å²) in [5.41, 5.74) is 15.7. The molecule has 2 heterocycles. The molecule has 0 radical (unpaired) electrons. The number of furan rings is 1. The molecule has 11 aromatic rings. The van der Waals surface area contributed by atoms with Crippen molar-refractivity contribution in [3.8, 4) is 39.1 Å². The van der Waals surface area contributed by atoms with Crippen LogP contribution in [0.15, 0.2) is 217 Å². The normalized spacial score (nSPS) is 11.9. The number of hydrogen-bond donors (Lipinski definition) is 0. The van der Waals surface area contributed by atoms with Crippen molar-refractivity contribution in [1.82, 2.24) is 4.57 Å². The van der Waals surface area contributed by atoms with E-state index in [0.29, 0.717) is 0 Å². The minimum Gasteiger partial charge on any atom is -0.454 e. The van der Waals surface area contributed by atoms with Gasteiger partial charge in [0.15, 0.2) is 5.58 Å². The minimum atomic E-state index is -1.60. The van der Waals surface area contributed by atoms with Gasteiger partial charge in [-0.3, -0.25) is 0 Å². The molecule has 0 saturated carbocycles. The van der Waals surface area contributed by atoms with Gasteiger partial charge in [-0.25, -0.2) is 0 Å². The van der Waals surface area contributed by atoms with Crippen LogP contribution in [0.4, 0.5) is 17.1 Å². The van der Waals surface area contributed by atoms with E-state index in [2.05, 4.69) is 235 Å². The summed E-state index contributed by atoms with van der Waals surface area (Å²) >= 11 is 0. The molecular weight excluding hydrogens is 757 g/mol. The van der Waals surface area contributed by atoms with Gasteiger partial charge >= 0.3 is 0 Å². The molecule has 0 unspecified atom stereocenters. The number of benzene rings is 9. The van der Waals surface area contributed by atoms with E-state index in [1.54, 1.807) is 0 Å². The summed E-state index contributed by atoms with van der Waals surface area (Å²) in [6.07, 6.45) is 0. The molecule has 0 amide bonds. The van der Waals surface area contributed by atoms with Gasteiger partial charge in [-0.2, -0.15) is 0 Å². The van der Waals surface area contributed by atoms with Gasteiger partial charge in [0.1, 0.15) is 5.58 Å². The lowest BCUT2D eigenvalue weighted by Crippen LogP contribution is -2.37. The lowest BCUT2D eigenvalue weighted by Gasteiger charge is -2.26. The number of anilines is 3. The number of aromatic nitrogens is 1. The molecule has 11 rings (SSSR count). The van der Waals surface area contributed by atoms with Crippen molar-refractivity contribution in [2.45, 2.75) is 19.6 Å². The highest BCUT2D eigenvalue weighted by Crippen LogP contribution is 2.41. The van der Waals surface area contributed by atoms with E-state index in [1.165, 1.54) is 60.4 Å². The third-order valence-electron chi connectivity index (χ3n) is 12.2. The quantitative estimate of drug-likeness (QED) is 0.143. The molecule has 4 heteroatoms. The van der Waals surface area contributed by atoms with E-state index in [9.17, 15) is 0 Å². The number of rotatable bonds is 8. The zero-order valence-corrected chi connectivity index (χ0v) is 35.5. The van der Waals surface area contributed by atoms with E-state index < -0.39 is 8.07 Å². The SMILES string of the molecule is C[Si](C)(C)c1ccc2c(c1)c1cc(-c3ccc(N(c4ccc(-c5ccccc5)cc4)c4ccc(-c5ccccc5)cc4)cc3)ccc1n2-c1cccc2c1oc1ccccc12. The molecule has 9 aromatic carbocycles. The molecule has 2 aromatic heterocycles. The van der Waals surface area contributed by atoms with Crippen LogP contribution in [0.5, 0.6) is 0 Å². The van der Waals surface area contributed by atoms with Gasteiger partial charge in [-0.05, 0) is 100 Å². The Kier molecular flexibility index (Phi) is 8.83. The van der Waals surface area contributed by atoms with Crippen LogP contribution < -0.4 is 10.1 Å². The Morgan fingerprint density at radius 3 is 1.41 bits per heavy atom. The Bertz CT molecular complexity index is 3280. The molecule has 61 heavy (non-hydrogen) atoms. The Balaban J connectivity index is 1.02. The Labute approximate surface area is 357 Å². The van der Waals surface area contributed by atoms with Gasteiger partial charge in [0, 0.05) is 38.6 Å². The maximum Gasteiger partial charge on any atom is 0.159 e. The smallest absolute Gasteiger partial charge is 0.159 e. The second kappa shape index (κ2) is 14.7. The Morgan fingerprint density at radius 2 is 0.836 bits per heavy atom. The standard InChI is InChI=1S/C57H44N2OSi/c1-61(2,3)48-34-36-54-52(38-48)51-37-44(27-35-53(51)59(54)55-19-12-18-50-49-17-10-11-20-56(49)60-57(50)55)43-25-32-47(33-26-43)58(45-28-21-41(22-29-45)39-13-6-4-7-14-39)46-30-23-42(24-31-46)40-15-8-5-9-16-40/h4-38H,1-3H3. The summed E-state index contributed by atoms with van der Waals surface area (Å²) in [6.45, 7) is 7.27. The molecular formula is C57H44N2OSi. The van der Waals surface area contributed by atoms with Gasteiger partial charge < -0.3 is 13.9 Å². The van der Waals surface area contributed by atoms with Crippen molar-refractivity contribution < 1.29 is 4.42 Å². The van der Waals surface area contributed by atoms with Gasteiger partial charge in [-0.1, -0.05) is 170 Å². The first kappa shape index (κ1) is 36.7. The maximum atomic E-state index is 6.60. The summed E-state index contributed by atoms with van der Waals surface area (Å²) < 4.78 is 9.01. The summed E-state index contributed by atoms with van der Waals surface area (Å²) in [6, 6.07) is 76.9. The highest BCUT2D eigenvalue weighted by Gasteiger charge is 2.22. The largest absolute Gasteiger partial charge is 0.454 e. The molecule has 3 nitrogen and oxygen atoms in total. The Hall–Kier alpha value is -7.40. The third-order valence-corrected chi connectivity index (χ3v) is 14.2. The molecule has 0 fully saturated rings. The van der Waals surface area contributed by atoms with Crippen LogP contribution in [0, 0.1) is 0 Å². The maximum absolute atomic E-state index is 6.60. The number of para-hydroxylation sites is 2. The summed E-state index contributed by atoms with van der Waals surface area (Å²) in [5.74, 6) is 0. The van der Waals surface area contributed by atoms with Gasteiger partial charge in [-0.15, -0.1) is 0 Å². The lowest BCUT2D eigenvalue weighted by molar-refractivity contribution is 0.666. The van der Waals surface area contributed by atoms with E-state index in [4.69, 9.17) is 4.42 Å². The second-order valence-corrected chi connectivity index (χ2v) is 22.1. The van der Waals surface area contributed by atoms with Crippen LogP contribution in [-0.4, -0.2) is 12.6 Å². The first-order valence-corrected chi connectivity index (χ1v) is 24.6. The van der Waals surface area contributed by atoms with Crippen LogP contribution in [0.3, 0.4) is 0 Å². The van der Waals surface area contributed by atoms with Crippen molar-refractivity contribution in [2.75, 3.05) is 4.90 Å². The lowest BCUT2D eigenvalue weighted by atomic mass is 10.0. The molecule has 0 N–H and O–H groups in total. The fourth-order valence-corrected chi connectivity index (χ4v) is 10.1. The summed E-state index contributed by atoms with van der Waals surface area (Å²) in [5, 5.41) is 6.23. The number of nitrogens with zero attached hydrogens (tertiary/aromatic N) is 2. The highest BCUT2D eigenvalue weighted by atomic mass is 28.3. The molecule has 0 spiro atoms. The zero-order chi connectivity index (χ0) is 41.1. The minimum absolute atomic E-state index is 0.907. The zero-order valence-electron chi connectivity index (χ0n) is 34.5. The van der Waals surface area contributed by atoms with Crippen LogP contribution in [0.1, 0.15) is 0 Å². The van der Waals surface area contributed by atoms with Gasteiger partial charge in [0.2, 0.25) is 0 Å². The molecule has 0 aliphatic rings. The molecule has 0 bridgehead atoms. The van der Waals surface area contributed by atoms with E-state index in [0.717, 1.165) is 44.7 Å². The van der Waals surface area contributed by atoms with E-state index in [1.807, 2.05) is 6.07 Å². The van der Waals surface area contributed by atoms with Crippen LogP contribution in [0.25, 0.3) is 82.8 Å². The van der Waals surface area contributed by atoms with Crippen molar-refractivity contribution >= 4 is 74.1 Å². The molecule has 0 aliphatic heterocycles. The monoisotopic (exact) mass is 800 g/mol. The predicted octanol–water partition coefficient (Wildman–Crippen LogP) is 15.7. The second-order valence-electron chi connectivity index (χ2n) is 17.0. The average Bonchev–Trinajstić information content (AvgIpc) is 3.85. The molecule has 292 valence electrons. The van der Waals surface area contributed by atoms with Gasteiger partial charge in [0.25, 0.3) is 0 Å². The van der Waals surface area contributed by atoms with Crippen LogP contribution in [-0.2, 0) is 0 Å². The van der Waals surface area contributed by atoms with Crippen LogP contribution in [0.2, 0.25) is 19.6 Å². The number of fused-ring (bicyclic) bond motifs is 6. The van der Waals surface area contributed by atoms with E-state index in [-0.39, 0.29) is 0 Å².